The monoisotopic (exact) mass is 447 g/mol. The Hall–Kier alpha value is -4.05. The van der Waals surface area contributed by atoms with Gasteiger partial charge in [0.2, 0.25) is 0 Å². The number of halogens is 3. The summed E-state index contributed by atoms with van der Waals surface area (Å²) in [6, 6.07) is 19.5. The Morgan fingerprint density at radius 3 is 2.33 bits per heavy atom. The lowest BCUT2D eigenvalue weighted by molar-refractivity contribution is -0.137. The molecule has 3 aromatic rings. The van der Waals surface area contributed by atoms with Crippen LogP contribution in [0.3, 0.4) is 0 Å². The normalized spacial score (nSPS) is 14.2. The van der Waals surface area contributed by atoms with Crippen LogP contribution < -0.4 is 10.2 Å². The molecule has 0 aliphatic carbocycles. The van der Waals surface area contributed by atoms with E-state index in [4.69, 9.17) is 0 Å². The van der Waals surface area contributed by atoms with E-state index in [1.807, 2.05) is 43.3 Å². The second-order valence-electron chi connectivity index (χ2n) is 7.79. The van der Waals surface area contributed by atoms with E-state index in [2.05, 4.69) is 11.4 Å². The molecule has 0 saturated heterocycles. The van der Waals surface area contributed by atoms with Gasteiger partial charge in [-0.05, 0) is 72.0 Å². The van der Waals surface area contributed by atoms with Crippen molar-refractivity contribution in [2.24, 2.45) is 0 Å². The van der Waals surface area contributed by atoms with E-state index < -0.39 is 17.8 Å². The van der Waals surface area contributed by atoms with Crippen LogP contribution in [-0.2, 0) is 6.18 Å². The Balaban J connectivity index is 1.85. The summed E-state index contributed by atoms with van der Waals surface area (Å²) in [4.78, 5) is 14.0. The van der Waals surface area contributed by atoms with Gasteiger partial charge in [0.25, 0.3) is 0 Å². The standard InChI is InChI=1S/C26H20F3N3O/c1-16-12-18(14-30)10-11-21(16)22-8-3-4-9-23(22)24-15-31-25(33)32(17(24)2)20-7-5-6-19(13-20)26(27,28)29/h3-13H,15H2,1-2H3,(H,31,33). The fourth-order valence-corrected chi connectivity index (χ4v) is 4.10. The number of hydrogen-bond donors (Lipinski definition) is 1. The van der Waals surface area contributed by atoms with Crippen molar-refractivity contribution in [2.45, 2.75) is 20.0 Å². The van der Waals surface area contributed by atoms with E-state index in [1.165, 1.54) is 17.0 Å². The van der Waals surface area contributed by atoms with Gasteiger partial charge >= 0.3 is 12.2 Å². The SMILES string of the molecule is CC1=C(c2ccccc2-c2ccc(C#N)cc2C)CNC(=O)N1c1cccc(C(F)(F)F)c1. The minimum atomic E-state index is -4.51. The Kier molecular flexibility index (Phi) is 5.69. The number of nitrogens with one attached hydrogen (secondary N) is 1. The van der Waals surface area contributed by atoms with Crippen LogP contribution in [-0.4, -0.2) is 12.6 Å². The molecule has 0 saturated carbocycles. The van der Waals surface area contributed by atoms with E-state index in [1.54, 1.807) is 13.0 Å². The maximum absolute atomic E-state index is 13.3. The summed E-state index contributed by atoms with van der Waals surface area (Å²) in [5, 5.41) is 12.0. The number of allylic oxidation sites excluding steroid dienone is 1. The number of rotatable bonds is 3. The van der Waals surface area contributed by atoms with Crippen molar-refractivity contribution < 1.29 is 18.0 Å². The van der Waals surface area contributed by atoms with Crippen molar-refractivity contribution in [1.82, 2.24) is 5.32 Å². The Morgan fingerprint density at radius 2 is 1.67 bits per heavy atom. The van der Waals surface area contributed by atoms with Gasteiger partial charge in [-0.25, -0.2) is 4.79 Å². The molecule has 166 valence electrons. The zero-order valence-electron chi connectivity index (χ0n) is 18.0. The predicted octanol–water partition coefficient (Wildman–Crippen LogP) is 6.51. The summed E-state index contributed by atoms with van der Waals surface area (Å²) >= 11 is 0. The van der Waals surface area contributed by atoms with Crippen LogP contribution in [0.5, 0.6) is 0 Å². The minimum Gasteiger partial charge on any atom is -0.333 e. The number of carbonyl (C=O) groups is 1. The first-order chi connectivity index (χ1) is 15.7. The van der Waals surface area contributed by atoms with Crippen molar-refractivity contribution in [3.05, 3.63) is 94.7 Å². The second-order valence-corrected chi connectivity index (χ2v) is 7.79. The first-order valence-corrected chi connectivity index (χ1v) is 10.3. The maximum atomic E-state index is 13.3. The number of aryl methyl sites for hydroxylation is 1. The first kappa shape index (κ1) is 22.2. The van der Waals surface area contributed by atoms with Crippen LogP contribution in [0.2, 0.25) is 0 Å². The number of nitrogens with zero attached hydrogens (tertiary/aromatic N) is 2. The topological polar surface area (TPSA) is 56.1 Å². The van der Waals surface area contributed by atoms with Gasteiger partial charge in [0.15, 0.2) is 0 Å². The molecular formula is C26H20F3N3O. The molecule has 1 heterocycles. The molecule has 0 bridgehead atoms. The fraction of sp³-hybridized carbons (Fsp3) is 0.154. The molecule has 2 amide bonds. The number of urea groups is 1. The van der Waals surface area contributed by atoms with E-state index in [0.717, 1.165) is 40.0 Å². The molecule has 1 aliphatic rings. The van der Waals surface area contributed by atoms with Crippen molar-refractivity contribution in [3.63, 3.8) is 0 Å². The van der Waals surface area contributed by atoms with Gasteiger partial charge in [-0.3, -0.25) is 4.90 Å². The number of anilines is 1. The maximum Gasteiger partial charge on any atom is 0.416 e. The molecule has 0 spiro atoms. The van der Waals surface area contributed by atoms with Crippen molar-refractivity contribution >= 4 is 17.3 Å². The summed E-state index contributed by atoms with van der Waals surface area (Å²) < 4.78 is 39.8. The van der Waals surface area contributed by atoms with Crippen LogP contribution in [0.15, 0.2) is 72.4 Å². The summed E-state index contributed by atoms with van der Waals surface area (Å²) in [5.74, 6) is 0. The van der Waals surface area contributed by atoms with Gasteiger partial charge in [-0.2, -0.15) is 18.4 Å². The molecule has 4 nitrogen and oxygen atoms in total. The summed E-state index contributed by atoms with van der Waals surface area (Å²) in [7, 11) is 0. The van der Waals surface area contributed by atoms with Crippen LogP contribution in [0.25, 0.3) is 16.7 Å². The van der Waals surface area contributed by atoms with Crippen LogP contribution in [0, 0.1) is 18.3 Å². The molecule has 3 aromatic carbocycles. The number of benzene rings is 3. The highest BCUT2D eigenvalue weighted by Gasteiger charge is 2.33. The highest BCUT2D eigenvalue weighted by atomic mass is 19.4. The quantitative estimate of drug-likeness (QED) is 0.497. The smallest absolute Gasteiger partial charge is 0.333 e. The zero-order valence-corrected chi connectivity index (χ0v) is 18.0. The van der Waals surface area contributed by atoms with Crippen molar-refractivity contribution in [2.75, 3.05) is 11.4 Å². The van der Waals surface area contributed by atoms with Gasteiger partial charge < -0.3 is 5.32 Å². The molecule has 0 fully saturated rings. The lowest BCUT2D eigenvalue weighted by Gasteiger charge is -2.32. The molecule has 0 aromatic heterocycles. The lowest BCUT2D eigenvalue weighted by atomic mass is 9.90. The van der Waals surface area contributed by atoms with Gasteiger partial charge in [0.1, 0.15) is 0 Å². The van der Waals surface area contributed by atoms with E-state index in [-0.39, 0.29) is 12.2 Å². The van der Waals surface area contributed by atoms with Gasteiger partial charge in [0, 0.05) is 12.2 Å². The highest BCUT2D eigenvalue weighted by Crippen LogP contribution is 2.37. The first-order valence-electron chi connectivity index (χ1n) is 10.3. The Morgan fingerprint density at radius 1 is 0.939 bits per heavy atom. The van der Waals surface area contributed by atoms with E-state index in [9.17, 15) is 23.2 Å². The number of hydrogen-bond acceptors (Lipinski definition) is 2. The highest BCUT2D eigenvalue weighted by molar-refractivity contribution is 6.02. The molecule has 0 radical (unpaired) electrons. The molecule has 0 unspecified atom stereocenters. The molecule has 7 heteroatoms. The Bertz CT molecular complexity index is 1320. The van der Waals surface area contributed by atoms with Crippen LogP contribution in [0.4, 0.5) is 23.7 Å². The third kappa shape index (κ3) is 4.20. The summed E-state index contributed by atoms with van der Waals surface area (Å²) in [5.41, 5.74) is 4.87. The van der Waals surface area contributed by atoms with E-state index in [0.29, 0.717) is 11.3 Å². The number of alkyl halides is 3. The zero-order chi connectivity index (χ0) is 23.8. The molecule has 1 aliphatic heterocycles. The lowest BCUT2D eigenvalue weighted by Crippen LogP contribution is -2.44. The number of amides is 2. The third-order valence-electron chi connectivity index (χ3n) is 5.72. The van der Waals surface area contributed by atoms with Gasteiger partial charge in [0.05, 0.1) is 22.9 Å². The molecule has 0 atom stereocenters. The van der Waals surface area contributed by atoms with Crippen LogP contribution in [0.1, 0.15) is 29.2 Å². The van der Waals surface area contributed by atoms with Gasteiger partial charge in [-0.15, -0.1) is 0 Å². The van der Waals surface area contributed by atoms with Crippen LogP contribution >= 0.6 is 0 Å². The summed E-state index contributed by atoms with van der Waals surface area (Å²) in [6.07, 6.45) is -4.51. The average molecular weight is 447 g/mol. The van der Waals surface area contributed by atoms with Gasteiger partial charge in [-0.1, -0.05) is 36.4 Å². The molecule has 1 N–H and O–H groups in total. The third-order valence-corrected chi connectivity index (χ3v) is 5.72. The summed E-state index contributed by atoms with van der Waals surface area (Å²) in [6.45, 7) is 3.90. The molecule has 33 heavy (non-hydrogen) atoms. The second kappa shape index (κ2) is 8.47. The largest absolute Gasteiger partial charge is 0.416 e. The predicted molar refractivity (Wildman–Crippen MR) is 121 cm³/mol. The minimum absolute atomic E-state index is 0.143. The van der Waals surface area contributed by atoms with Crippen molar-refractivity contribution in [1.29, 1.82) is 5.26 Å². The number of nitriles is 1. The average Bonchev–Trinajstić information content (AvgIpc) is 2.79. The van der Waals surface area contributed by atoms with E-state index >= 15 is 0 Å². The van der Waals surface area contributed by atoms with Crippen molar-refractivity contribution in [3.8, 4) is 17.2 Å². The Labute approximate surface area is 189 Å². The molecular weight excluding hydrogens is 427 g/mol. The number of carbonyl (C=O) groups excluding carboxylic acids is 1. The molecule has 4 rings (SSSR count). The fourth-order valence-electron chi connectivity index (χ4n) is 4.10.